The van der Waals surface area contributed by atoms with Crippen molar-refractivity contribution >= 4 is 0 Å². The predicted molar refractivity (Wildman–Crippen MR) is 91.2 cm³/mol. The first-order valence-electron chi connectivity index (χ1n) is 8.75. The van der Waals surface area contributed by atoms with Crippen LogP contribution in [0, 0.1) is 5.41 Å². The predicted octanol–water partition coefficient (Wildman–Crippen LogP) is 3.38. The van der Waals surface area contributed by atoms with E-state index in [1.807, 2.05) is 0 Å². The third-order valence-corrected chi connectivity index (χ3v) is 5.80. The Kier molecular flexibility index (Phi) is 5.24. The van der Waals surface area contributed by atoms with Gasteiger partial charge >= 0.3 is 0 Å². The Morgan fingerprint density at radius 1 is 1.05 bits per heavy atom. The van der Waals surface area contributed by atoms with E-state index in [-0.39, 0.29) is 0 Å². The minimum absolute atomic E-state index is 0.526. The average molecular weight is 293 g/mol. The largest absolute Gasteiger partial charge is 0.359 e. The molecule has 3 nitrogen and oxygen atoms in total. The fourth-order valence-corrected chi connectivity index (χ4v) is 3.87. The van der Waals surface area contributed by atoms with Crippen LogP contribution in [0.15, 0.2) is 12.4 Å². The summed E-state index contributed by atoms with van der Waals surface area (Å²) in [6.07, 6.45) is 5.46. The van der Waals surface area contributed by atoms with Gasteiger partial charge in [0, 0.05) is 32.2 Å². The van der Waals surface area contributed by atoms with Gasteiger partial charge in [0.2, 0.25) is 0 Å². The zero-order valence-corrected chi connectivity index (χ0v) is 14.9. The van der Waals surface area contributed by atoms with Crippen LogP contribution in [0.2, 0.25) is 0 Å². The molecule has 2 saturated heterocycles. The second kappa shape index (κ2) is 6.60. The molecule has 2 aliphatic rings. The summed E-state index contributed by atoms with van der Waals surface area (Å²) in [5.74, 6) is 1.22. The first-order chi connectivity index (χ1) is 9.84. The molecule has 0 bridgehead atoms. The van der Waals surface area contributed by atoms with Crippen molar-refractivity contribution in [3.8, 4) is 0 Å². The molecule has 2 heterocycles. The van der Waals surface area contributed by atoms with Crippen LogP contribution in [0.4, 0.5) is 0 Å². The van der Waals surface area contributed by atoms with E-state index in [0.29, 0.717) is 17.5 Å². The van der Waals surface area contributed by atoms with Gasteiger partial charge in [-0.1, -0.05) is 6.58 Å². The van der Waals surface area contributed by atoms with Crippen molar-refractivity contribution in [1.29, 1.82) is 0 Å². The van der Waals surface area contributed by atoms with Gasteiger partial charge in [-0.25, -0.2) is 0 Å². The summed E-state index contributed by atoms with van der Waals surface area (Å²) < 4.78 is 0. The van der Waals surface area contributed by atoms with E-state index in [2.05, 4.69) is 56.0 Å². The lowest BCUT2D eigenvalue weighted by Gasteiger charge is -2.50. The van der Waals surface area contributed by atoms with Crippen LogP contribution in [0.25, 0.3) is 0 Å². The van der Waals surface area contributed by atoms with Gasteiger partial charge in [0.25, 0.3) is 0 Å². The lowest BCUT2D eigenvalue weighted by atomic mass is 9.72. The second-order valence-corrected chi connectivity index (χ2v) is 7.78. The molecule has 0 amide bonds. The van der Waals surface area contributed by atoms with Crippen LogP contribution in [-0.2, 0) is 0 Å². The molecule has 122 valence electrons. The van der Waals surface area contributed by atoms with E-state index in [0.717, 1.165) is 0 Å². The molecular weight excluding hydrogens is 258 g/mol. The molecule has 1 spiro atoms. The highest BCUT2D eigenvalue weighted by Crippen LogP contribution is 2.41. The van der Waals surface area contributed by atoms with Gasteiger partial charge in [-0.3, -0.25) is 0 Å². The van der Waals surface area contributed by atoms with Crippen LogP contribution < -0.4 is 0 Å². The molecular formula is C18H35N3. The van der Waals surface area contributed by atoms with E-state index in [1.54, 1.807) is 0 Å². The van der Waals surface area contributed by atoms with Gasteiger partial charge in [0.15, 0.2) is 0 Å². The van der Waals surface area contributed by atoms with Gasteiger partial charge < -0.3 is 14.7 Å². The van der Waals surface area contributed by atoms with Crippen LogP contribution in [0.1, 0.15) is 53.4 Å². The molecule has 0 radical (unpaired) electrons. The highest BCUT2D eigenvalue weighted by Gasteiger charge is 2.39. The Balaban J connectivity index is 1.96. The Labute approximate surface area is 132 Å². The Bertz CT molecular complexity index is 353. The van der Waals surface area contributed by atoms with E-state index in [1.165, 1.54) is 57.7 Å². The molecule has 0 aromatic rings. The SMILES string of the molecule is C=C(N1CCCC2(CCN(C(C)C)CC2)C1)N(C)C(C)C. The third kappa shape index (κ3) is 3.74. The molecule has 0 saturated carbocycles. The van der Waals surface area contributed by atoms with E-state index in [4.69, 9.17) is 0 Å². The molecule has 0 aromatic heterocycles. The Morgan fingerprint density at radius 3 is 2.19 bits per heavy atom. The molecule has 0 aromatic carbocycles. The number of nitrogens with zero attached hydrogens (tertiary/aromatic N) is 3. The topological polar surface area (TPSA) is 9.72 Å². The van der Waals surface area contributed by atoms with Crippen molar-refractivity contribution in [3.05, 3.63) is 12.4 Å². The fraction of sp³-hybridized carbons (Fsp3) is 0.889. The molecule has 2 fully saturated rings. The molecule has 0 atom stereocenters. The monoisotopic (exact) mass is 293 g/mol. The quantitative estimate of drug-likeness (QED) is 0.787. The van der Waals surface area contributed by atoms with Crippen LogP contribution >= 0.6 is 0 Å². The maximum Gasteiger partial charge on any atom is 0.0964 e. The molecule has 0 aliphatic carbocycles. The summed E-state index contributed by atoms with van der Waals surface area (Å²) in [6.45, 7) is 18.4. The molecule has 2 aliphatic heterocycles. The highest BCUT2D eigenvalue weighted by atomic mass is 15.3. The van der Waals surface area contributed by atoms with E-state index < -0.39 is 0 Å². The van der Waals surface area contributed by atoms with Crippen molar-refractivity contribution in [1.82, 2.24) is 14.7 Å². The van der Waals surface area contributed by atoms with Gasteiger partial charge in [-0.05, 0) is 71.9 Å². The second-order valence-electron chi connectivity index (χ2n) is 7.78. The smallest absolute Gasteiger partial charge is 0.0964 e. The van der Waals surface area contributed by atoms with Gasteiger partial charge in [-0.15, -0.1) is 0 Å². The van der Waals surface area contributed by atoms with Crippen molar-refractivity contribution in [2.45, 2.75) is 65.5 Å². The van der Waals surface area contributed by atoms with Crippen molar-refractivity contribution < 1.29 is 0 Å². The van der Waals surface area contributed by atoms with Crippen molar-refractivity contribution in [3.63, 3.8) is 0 Å². The van der Waals surface area contributed by atoms with Gasteiger partial charge in [0.05, 0.1) is 5.82 Å². The molecule has 3 heteroatoms. The molecule has 0 unspecified atom stereocenters. The molecule has 2 rings (SSSR count). The standard InChI is InChI=1S/C18H35N3/c1-15(2)19(6)17(5)21-11-7-8-18(14-21)9-12-20(13-10-18)16(3)4/h15-16H,5,7-14H2,1-4,6H3. The minimum Gasteiger partial charge on any atom is -0.359 e. The fourth-order valence-electron chi connectivity index (χ4n) is 3.87. The van der Waals surface area contributed by atoms with Gasteiger partial charge in [0.1, 0.15) is 0 Å². The highest BCUT2D eigenvalue weighted by molar-refractivity contribution is 5.01. The first kappa shape index (κ1) is 16.7. The zero-order valence-electron chi connectivity index (χ0n) is 14.9. The summed E-state index contributed by atoms with van der Waals surface area (Å²) in [5.41, 5.74) is 0.546. The van der Waals surface area contributed by atoms with E-state index in [9.17, 15) is 0 Å². The minimum atomic E-state index is 0.526. The Morgan fingerprint density at radius 2 is 1.67 bits per heavy atom. The lowest BCUT2D eigenvalue weighted by Crippen LogP contribution is -2.51. The average Bonchev–Trinajstić information content (AvgIpc) is 2.46. The first-order valence-corrected chi connectivity index (χ1v) is 8.75. The van der Waals surface area contributed by atoms with Crippen LogP contribution in [-0.4, -0.2) is 60.0 Å². The summed E-state index contributed by atoms with van der Waals surface area (Å²) in [6, 6.07) is 1.22. The number of hydrogen-bond donors (Lipinski definition) is 0. The number of piperidine rings is 2. The number of rotatable bonds is 4. The normalized spacial score (nSPS) is 23.1. The zero-order chi connectivity index (χ0) is 15.6. The van der Waals surface area contributed by atoms with Crippen LogP contribution in [0.3, 0.4) is 0 Å². The maximum atomic E-state index is 4.36. The molecule has 21 heavy (non-hydrogen) atoms. The lowest BCUT2D eigenvalue weighted by molar-refractivity contribution is 0.0160. The summed E-state index contributed by atoms with van der Waals surface area (Å²) >= 11 is 0. The third-order valence-electron chi connectivity index (χ3n) is 5.80. The van der Waals surface area contributed by atoms with Crippen LogP contribution in [0.5, 0.6) is 0 Å². The Hall–Kier alpha value is -0.700. The summed E-state index contributed by atoms with van der Waals surface area (Å²) in [5, 5.41) is 0. The molecule has 0 N–H and O–H groups in total. The van der Waals surface area contributed by atoms with Gasteiger partial charge in [-0.2, -0.15) is 0 Å². The van der Waals surface area contributed by atoms with Crippen molar-refractivity contribution in [2.24, 2.45) is 5.41 Å². The van der Waals surface area contributed by atoms with E-state index >= 15 is 0 Å². The number of likely N-dealkylation sites (tertiary alicyclic amines) is 2. The number of hydrogen-bond acceptors (Lipinski definition) is 3. The summed E-state index contributed by atoms with van der Waals surface area (Å²) in [4.78, 5) is 7.51. The summed E-state index contributed by atoms with van der Waals surface area (Å²) in [7, 11) is 2.18. The maximum absolute atomic E-state index is 4.36. The van der Waals surface area contributed by atoms with Crippen molar-refractivity contribution in [2.75, 3.05) is 33.2 Å².